The number of hydrogen-bond acceptors (Lipinski definition) is 6. The summed E-state index contributed by atoms with van der Waals surface area (Å²) < 4.78 is 0. The van der Waals surface area contributed by atoms with Crippen LogP contribution in [-0.2, 0) is 22.4 Å². The van der Waals surface area contributed by atoms with Crippen LogP contribution in [0.25, 0.3) is 0 Å². The van der Waals surface area contributed by atoms with Crippen molar-refractivity contribution in [3.8, 4) is 5.75 Å². The molecule has 8 nitrogen and oxygen atoms in total. The molecule has 8 heteroatoms. The summed E-state index contributed by atoms with van der Waals surface area (Å²) in [6.45, 7) is 1.40. The van der Waals surface area contributed by atoms with E-state index >= 15 is 0 Å². The molecule has 5 rings (SSSR count). The van der Waals surface area contributed by atoms with Gasteiger partial charge in [0.05, 0.1) is 18.1 Å². The molecule has 3 aliphatic rings. The van der Waals surface area contributed by atoms with Crippen LogP contribution in [0.15, 0.2) is 48.5 Å². The van der Waals surface area contributed by atoms with E-state index in [1.807, 2.05) is 35.8 Å². The van der Waals surface area contributed by atoms with Crippen LogP contribution >= 0.6 is 0 Å². The molecule has 0 bridgehead atoms. The van der Waals surface area contributed by atoms with Gasteiger partial charge in [0, 0.05) is 19.5 Å². The number of amides is 2. The van der Waals surface area contributed by atoms with Crippen LogP contribution in [0.2, 0.25) is 0 Å². The van der Waals surface area contributed by atoms with Crippen LogP contribution in [0, 0.1) is 17.8 Å². The number of nitrogens with zero attached hydrogens (tertiary/aromatic N) is 1. The van der Waals surface area contributed by atoms with Crippen molar-refractivity contribution in [3.63, 3.8) is 0 Å². The van der Waals surface area contributed by atoms with Crippen LogP contribution in [-0.4, -0.2) is 57.4 Å². The second-order valence-corrected chi connectivity index (χ2v) is 10.7. The zero-order chi connectivity index (χ0) is 25.2. The van der Waals surface area contributed by atoms with Gasteiger partial charge in [-0.25, -0.2) is 5.48 Å². The van der Waals surface area contributed by atoms with Crippen LogP contribution in [0.3, 0.4) is 0 Å². The minimum absolute atomic E-state index is 0.0859. The van der Waals surface area contributed by atoms with Crippen LogP contribution in [0.4, 0.5) is 0 Å². The first-order valence-electron chi connectivity index (χ1n) is 12.9. The zero-order valence-electron chi connectivity index (χ0n) is 20.3. The molecule has 2 fully saturated rings. The number of hydrogen-bond donors (Lipinski definition) is 5. The third-order valence-electron chi connectivity index (χ3n) is 7.74. The number of benzene rings is 2. The average Bonchev–Trinajstić information content (AvgIpc) is 3.80. The summed E-state index contributed by atoms with van der Waals surface area (Å²) in [4.78, 5) is 29.2. The van der Waals surface area contributed by atoms with Gasteiger partial charge in [0.2, 0.25) is 5.91 Å². The van der Waals surface area contributed by atoms with Gasteiger partial charge in [0.1, 0.15) is 11.8 Å². The Morgan fingerprint density at radius 2 is 1.67 bits per heavy atom. The molecule has 2 aromatic carbocycles. The van der Waals surface area contributed by atoms with Gasteiger partial charge in [0.15, 0.2) is 0 Å². The summed E-state index contributed by atoms with van der Waals surface area (Å²) in [5, 5.41) is 33.5. The van der Waals surface area contributed by atoms with E-state index in [9.17, 15) is 25.0 Å². The summed E-state index contributed by atoms with van der Waals surface area (Å²) in [7, 11) is 0. The Morgan fingerprint density at radius 1 is 0.972 bits per heavy atom. The van der Waals surface area contributed by atoms with Gasteiger partial charge in [-0.05, 0) is 72.8 Å². The lowest BCUT2D eigenvalue weighted by molar-refractivity contribution is -0.143. The lowest BCUT2D eigenvalue weighted by atomic mass is 9.88. The number of aliphatic hydroxyl groups is 1. The molecule has 0 saturated heterocycles. The summed E-state index contributed by atoms with van der Waals surface area (Å²) in [5.41, 5.74) is 4.42. The third kappa shape index (κ3) is 5.72. The number of rotatable bonds is 11. The molecule has 0 aliphatic heterocycles. The Labute approximate surface area is 211 Å². The molecular formula is C28H35N3O5. The number of fused-ring (bicyclic) bond motifs is 1. The highest BCUT2D eigenvalue weighted by molar-refractivity contribution is 5.90. The van der Waals surface area contributed by atoms with Gasteiger partial charge >= 0.3 is 0 Å². The number of nitrogens with one attached hydrogen (secondary N) is 2. The number of phenols is 1. The molecule has 3 aliphatic carbocycles. The minimum atomic E-state index is -0.882. The summed E-state index contributed by atoms with van der Waals surface area (Å²) >= 11 is 0. The van der Waals surface area contributed by atoms with E-state index in [1.54, 1.807) is 18.2 Å². The second kappa shape index (κ2) is 10.6. The second-order valence-electron chi connectivity index (χ2n) is 10.7. The number of aromatic hydroxyl groups is 1. The quantitative estimate of drug-likeness (QED) is 0.242. The van der Waals surface area contributed by atoms with Crippen molar-refractivity contribution in [3.05, 3.63) is 65.2 Å². The average molecular weight is 494 g/mol. The third-order valence-corrected chi connectivity index (χ3v) is 7.74. The molecule has 192 valence electrons. The first kappa shape index (κ1) is 24.7. The van der Waals surface area contributed by atoms with E-state index in [0.717, 1.165) is 42.4 Å². The molecule has 0 unspecified atom stereocenters. The van der Waals surface area contributed by atoms with E-state index < -0.39 is 30.0 Å². The number of carbonyl (C=O) groups excluding carboxylic acids is 2. The van der Waals surface area contributed by atoms with E-state index in [4.69, 9.17) is 0 Å². The van der Waals surface area contributed by atoms with Crippen molar-refractivity contribution >= 4 is 11.8 Å². The highest BCUT2D eigenvalue weighted by Gasteiger charge is 2.43. The topological polar surface area (TPSA) is 122 Å². The molecule has 0 heterocycles. The molecule has 36 heavy (non-hydrogen) atoms. The molecule has 5 N–H and O–H groups in total. The molecule has 0 aromatic heterocycles. The Hall–Kier alpha value is -2.94. The largest absolute Gasteiger partial charge is 0.508 e. The maximum Gasteiger partial charge on any atom is 0.261 e. The van der Waals surface area contributed by atoms with Gasteiger partial charge in [-0.2, -0.15) is 0 Å². The predicted octanol–water partition coefficient (Wildman–Crippen LogP) is 2.32. The highest BCUT2D eigenvalue weighted by Crippen LogP contribution is 2.37. The standard InChI is InChI=1S/C28H35N3O5/c32-21-6-3-4-19(12-21)13-23(27(34)29-25-22-7-2-1-5-20(22)14-24(25)33)26(28(35)30-36)31(15-17-8-9-17)16-18-10-11-18/h1-7,12,17-18,23-26,32-33,36H,8-11,13-16H2,(H,29,34)(H,30,35)/t23-,24-,25+,26+/m1/s1. The maximum absolute atomic E-state index is 13.9. The van der Waals surface area contributed by atoms with Crippen LogP contribution in [0.1, 0.15) is 48.4 Å². The molecule has 0 radical (unpaired) electrons. The minimum Gasteiger partial charge on any atom is -0.508 e. The Kier molecular flexibility index (Phi) is 7.27. The SMILES string of the molecule is O=C(NO)[C@H]([C@@H](Cc1cccc(O)c1)C(=O)N[C@H]1c2ccccc2C[C@H]1O)N(CC1CC1)CC1CC1. The molecule has 2 amide bonds. The summed E-state index contributed by atoms with van der Waals surface area (Å²) in [6.07, 6.45) is 4.30. The van der Waals surface area contributed by atoms with Crippen molar-refractivity contribution in [1.82, 2.24) is 15.7 Å². The predicted molar refractivity (Wildman–Crippen MR) is 133 cm³/mol. The fourth-order valence-corrected chi connectivity index (χ4v) is 5.53. The summed E-state index contributed by atoms with van der Waals surface area (Å²) in [5.74, 6) is -0.732. The van der Waals surface area contributed by atoms with Gasteiger partial charge in [-0.1, -0.05) is 36.4 Å². The number of carbonyl (C=O) groups is 2. The zero-order valence-corrected chi connectivity index (χ0v) is 20.3. The van der Waals surface area contributed by atoms with Crippen molar-refractivity contribution < 1.29 is 25.0 Å². The van der Waals surface area contributed by atoms with E-state index in [-0.39, 0.29) is 18.1 Å². The Bertz CT molecular complexity index is 1090. The van der Waals surface area contributed by atoms with E-state index in [1.165, 1.54) is 0 Å². The highest BCUT2D eigenvalue weighted by atomic mass is 16.5. The van der Waals surface area contributed by atoms with Gasteiger partial charge in [0.25, 0.3) is 5.91 Å². The van der Waals surface area contributed by atoms with Crippen molar-refractivity contribution in [2.75, 3.05) is 13.1 Å². The lowest BCUT2D eigenvalue weighted by Gasteiger charge is -2.36. The van der Waals surface area contributed by atoms with E-state index in [2.05, 4.69) is 10.2 Å². The molecular weight excluding hydrogens is 458 g/mol. The number of phenolic OH excluding ortho intramolecular Hbond substituents is 1. The Morgan fingerprint density at radius 3 is 2.31 bits per heavy atom. The van der Waals surface area contributed by atoms with E-state index in [0.29, 0.717) is 31.3 Å². The van der Waals surface area contributed by atoms with Crippen molar-refractivity contribution in [2.24, 2.45) is 17.8 Å². The first-order chi connectivity index (χ1) is 17.4. The van der Waals surface area contributed by atoms with Gasteiger partial charge < -0.3 is 15.5 Å². The van der Waals surface area contributed by atoms with Gasteiger partial charge in [-0.3, -0.25) is 19.7 Å². The maximum atomic E-state index is 13.9. The van der Waals surface area contributed by atoms with Gasteiger partial charge in [-0.15, -0.1) is 0 Å². The molecule has 4 atom stereocenters. The summed E-state index contributed by atoms with van der Waals surface area (Å²) in [6, 6.07) is 12.9. The number of aliphatic hydroxyl groups excluding tert-OH is 1. The first-order valence-corrected chi connectivity index (χ1v) is 12.9. The van der Waals surface area contributed by atoms with Crippen molar-refractivity contribution in [1.29, 1.82) is 0 Å². The molecule has 0 spiro atoms. The fraction of sp³-hybridized carbons (Fsp3) is 0.500. The van der Waals surface area contributed by atoms with Crippen LogP contribution < -0.4 is 10.8 Å². The fourth-order valence-electron chi connectivity index (χ4n) is 5.53. The number of hydroxylamine groups is 1. The molecule has 2 aromatic rings. The Balaban J connectivity index is 1.46. The smallest absolute Gasteiger partial charge is 0.261 e. The monoisotopic (exact) mass is 493 g/mol. The normalized spacial score (nSPS) is 22.6. The van der Waals surface area contributed by atoms with Crippen molar-refractivity contribution in [2.45, 2.75) is 56.7 Å². The lowest BCUT2D eigenvalue weighted by Crippen LogP contribution is -2.56. The molecule has 2 saturated carbocycles. The van der Waals surface area contributed by atoms with Crippen LogP contribution in [0.5, 0.6) is 5.75 Å².